The van der Waals surface area contributed by atoms with E-state index in [4.69, 9.17) is 0 Å². The lowest BCUT2D eigenvalue weighted by molar-refractivity contribution is 0.666. The molecule has 1 aliphatic heterocycles. The van der Waals surface area contributed by atoms with Gasteiger partial charge in [-0.1, -0.05) is 159 Å². The van der Waals surface area contributed by atoms with Crippen LogP contribution in [0.2, 0.25) is 0 Å². The van der Waals surface area contributed by atoms with Crippen molar-refractivity contribution in [3.63, 3.8) is 0 Å². The van der Waals surface area contributed by atoms with Crippen molar-refractivity contribution in [3.8, 4) is 27.9 Å². The van der Waals surface area contributed by atoms with Crippen LogP contribution in [0.5, 0.6) is 0 Å². The van der Waals surface area contributed by atoms with Crippen LogP contribution < -0.4 is 0 Å². The third-order valence-corrected chi connectivity index (χ3v) is 14.6. The zero-order chi connectivity index (χ0) is 35.7. The van der Waals surface area contributed by atoms with Gasteiger partial charge in [0.05, 0.1) is 15.9 Å². The van der Waals surface area contributed by atoms with E-state index >= 15 is 0 Å². The van der Waals surface area contributed by atoms with Gasteiger partial charge in [0.2, 0.25) is 0 Å². The summed E-state index contributed by atoms with van der Waals surface area (Å²) in [5.41, 5.74) is 11.6. The topological polar surface area (TPSA) is 4.93 Å². The first kappa shape index (κ1) is 30.7. The molecular weight excluding hydrogens is 691 g/mol. The van der Waals surface area contributed by atoms with Gasteiger partial charge < -0.3 is 4.57 Å². The number of hydrogen-bond donors (Lipinski definition) is 0. The lowest BCUT2D eigenvalue weighted by Crippen LogP contribution is -2.15. The van der Waals surface area contributed by atoms with Crippen LogP contribution in [0.1, 0.15) is 25.0 Å². The minimum Gasteiger partial charge on any atom is -0.308 e. The van der Waals surface area contributed by atoms with Gasteiger partial charge in [0.25, 0.3) is 0 Å². The molecule has 0 fully saturated rings. The number of fused-ring (bicyclic) bond motifs is 16. The monoisotopic (exact) mass is 723 g/mol. The molecule has 10 aromatic rings. The molecule has 0 radical (unpaired) electrons. The number of nitrogens with zero attached hydrogens (tertiary/aromatic N) is 1. The van der Waals surface area contributed by atoms with Crippen molar-refractivity contribution in [1.29, 1.82) is 0 Å². The van der Waals surface area contributed by atoms with Crippen LogP contribution >= 0.6 is 23.5 Å². The Kier molecular flexibility index (Phi) is 6.33. The van der Waals surface area contributed by atoms with E-state index < -0.39 is 0 Å². The molecular formula is C51H33NS2. The van der Waals surface area contributed by atoms with Crippen molar-refractivity contribution in [2.24, 2.45) is 0 Å². The van der Waals surface area contributed by atoms with Crippen molar-refractivity contribution < 1.29 is 0 Å². The molecule has 0 N–H and O–H groups in total. The highest BCUT2D eigenvalue weighted by Gasteiger charge is 2.38. The van der Waals surface area contributed by atoms with Gasteiger partial charge in [-0.25, -0.2) is 0 Å². The van der Waals surface area contributed by atoms with Crippen LogP contribution in [0, 0.1) is 0 Å². The normalized spacial score (nSPS) is 14.1. The molecule has 0 bridgehead atoms. The zero-order valence-corrected chi connectivity index (χ0v) is 31.5. The quantitative estimate of drug-likeness (QED) is 0.164. The van der Waals surface area contributed by atoms with Crippen LogP contribution in [0.4, 0.5) is 0 Å². The van der Waals surface area contributed by atoms with Crippen molar-refractivity contribution in [2.75, 3.05) is 0 Å². The summed E-state index contributed by atoms with van der Waals surface area (Å²) in [4.78, 5) is 5.30. The first-order valence-corrected chi connectivity index (χ1v) is 20.3. The lowest BCUT2D eigenvalue weighted by atomic mass is 9.80. The molecule has 0 spiro atoms. The van der Waals surface area contributed by atoms with Gasteiger partial charge in [0.1, 0.15) is 0 Å². The summed E-state index contributed by atoms with van der Waals surface area (Å²) in [6.45, 7) is 4.82. The number of hydrogen-bond acceptors (Lipinski definition) is 2. The third kappa shape index (κ3) is 4.14. The van der Waals surface area contributed by atoms with E-state index in [1.807, 2.05) is 23.5 Å². The fourth-order valence-electron chi connectivity index (χ4n) is 9.62. The molecule has 0 saturated heterocycles. The molecule has 54 heavy (non-hydrogen) atoms. The molecule has 9 aromatic carbocycles. The lowest BCUT2D eigenvalue weighted by Gasteiger charge is -2.22. The average Bonchev–Trinajstić information content (AvgIpc) is 3.68. The summed E-state index contributed by atoms with van der Waals surface area (Å²) >= 11 is 3.81. The second-order valence-corrected chi connectivity index (χ2v) is 17.4. The fourth-order valence-corrected chi connectivity index (χ4v) is 12.0. The van der Waals surface area contributed by atoms with Gasteiger partial charge >= 0.3 is 0 Å². The maximum atomic E-state index is 2.57. The number of benzene rings is 9. The summed E-state index contributed by atoms with van der Waals surface area (Å²) in [5, 5.41) is 10.5. The van der Waals surface area contributed by atoms with Gasteiger partial charge in [-0.05, 0) is 108 Å². The van der Waals surface area contributed by atoms with Gasteiger partial charge in [0.15, 0.2) is 0 Å². The SMILES string of the molecule is CC1(C)c2ccccc2-c2ccc3c(c21)c1ccc2c(c1n3-c1cccc(-c3ccc4c5ccccc5c5ccccc5c4c3)c1)Sc1ccccc1S2. The molecule has 1 aromatic heterocycles. The van der Waals surface area contributed by atoms with E-state index in [1.165, 1.54) is 113 Å². The Balaban J connectivity index is 1.13. The van der Waals surface area contributed by atoms with Gasteiger partial charge in [-0.15, -0.1) is 0 Å². The van der Waals surface area contributed by atoms with Crippen LogP contribution in [-0.4, -0.2) is 4.57 Å². The van der Waals surface area contributed by atoms with E-state index in [-0.39, 0.29) is 5.41 Å². The van der Waals surface area contributed by atoms with Crippen LogP contribution in [0.15, 0.2) is 183 Å². The van der Waals surface area contributed by atoms with Crippen LogP contribution in [0.3, 0.4) is 0 Å². The minimum absolute atomic E-state index is 0.130. The standard InChI is InChI=1S/C51H33NS2/c1-51(2)42-19-8-7-18-38(42)39-24-26-43-47(48(39)51)40-25-27-46-50(54-45-21-10-9-20-44(45)53-46)49(40)52(43)32-13-11-12-30(28-32)31-22-23-37-35-16-4-3-14-33(35)34-15-5-6-17-36(34)41(37)29-31/h3-29H,1-2H3. The molecule has 2 aliphatic rings. The molecule has 1 nitrogen and oxygen atoms in total. The molecule has 12 rings (SSSR count). The molecule has 0 unspecified atom stereocenters. The summed E-state index contributed by atoms with van der Waals surface area (Å²) in [6.07, 6.45) is 0. The highest BCUT2D eigenvalue weighted by atomic mass is 32.2. The predicted octanol–water partition coefficient (Wildman–Crippen LogP) is 14.8. The zero-order valence-electron chi connectivity index (χ0n) is 29.9. The molecule has 0 saturated carbocycles. The average molecular weight is 724 g/mol. The maximum absolute atomic E-state index is 2.57. The van der Waals surface area contributed by atoms with E-state index in [9.17, 15) is 0 Å². The summed E-state index contributed by atoms with van der Waals surface area (Å²) in [7, 11) is 0. The summed E-state index contributed by atoms with van der Waals surface area (Å²) in [5.74, 6) is 0. The second-order valence-electron chi connectivity index (χ2n) is 15.2. The van der Waals surface area contributed by atoms with E-state index in [0.29, 0.717) is 0 Å². The molecule has 0 amide bonds. The predicted molar refractivity (Wildman–Crippen MR) is 231 cm³/mol. The van der Waals surface area contributed by atoms with Crippen molar-refractivity contribution in [3.05, 3.63) is 175 Å². The number of aromatic nitrogens is 1. The highest BCUT2D eigenvalue weighted by molar-refractivity contribution is 8.05. The highest BCUT2D eigenvalue weighted by Crippen LogP contribution is 2.56. The molecule has 254 valence electrons. The third-order valence-electron chi connectivity index (χ3n) is 12.0. The van der Waals surface area contributed by atoms with Gasteiger partial charge in [-0.2, -0.15) is 0 Å². The molecule has 3 heteroatoms. The van der Waals surface area contributed by atoms with Crippen molar-refractivity contribution >= 4 is 77.6 Å². The Bertz CT molecular complexity index is 3220. The maximum Gasteiger partial charge on any atom is 0.0692 e. The van der Waals surface area contributed by atoms with Crippen molar-refractivity contribution in [2.45, 2.75) is 38.8 Å². The second kappa shape index (κ2) is 11.1. The smallest absolute Gasteiger partial charge is 0.0692 e. The molecule has 2 heterocycles. The Morgan fingerprint density at radius 1 is 0.444 bits per heavy atom. The molecule has 1 aliphatic carbocycles. The first-order chi connectivity index (χ1) is 26.5. The van der Waals surface area contributed by atoms with Crippen molar-refractivity contribution in [1.82, 2.24) is 4.57 Å². The number of rotatable bonds is 2. The Labute approximate surface area is 322 Å². The van der Waals surface area contributed by atoms with Gasteiger partial charge in [-0.3, -0.25) is 0 Å². The minimum atomic E-state index is -0.130. The molecule has 0 atom stereocenters. The Hall–Kier alpha value is -5.74. The fraction of sp³-hybridized carbons (Fsp3) is 0.0588. The van der Waals surface area contributed by atoms with E-state index in [1.54, 1.807) is 0 Å². The van der Waals surface area contributed by atoms with Gasteiger partial charge in [0, 0.05) is 36.6 Å². The Morgan fingerprint density at radius 2 is 1.07 bits per heavy atom. The van der Waals surface area contributed by atoms with Crippen LogP contribution in [0.25, 0.3) is 82.1 Å². The summed E-state index contributed by atoms with van der Waals surface area (Å²) < 4.78 is 2.57. The first-order valence-electron chi connectivity index (χ1n) is 18.7. The Morgan fingerprint density at radius 3 is 1.85 bits per heavy atom. The summed E-state index contributed by atoms with van der Waals surface area (Å²) in [6, 6.07) is 61.3. The van der Waals surface area contributed by atoms with E-state index in [2.05, 4.69) is 182 Å². The largest absolute Gasteiger partial charge is 0.308 e. The van der Waals surface area contributed by atoms with E-state index in [0.717, 1.165) is 0 Å². The van der Waals surface area contributed by atoms with Crippen LogP contribution in [-0.2, 0) is 5.41 Å².